The van der Waals surface area contributed by atoms with Gasteiger partial charge in [-0.2, -0.15) is 8.78 Å². The molecule has 1 saturated heterocycles. The highest BCUT2D eigenvalue weighted by Crippen LogP contribution is 2.41. The van der Waals surface area contributed by atoms with E-state index in [9.17, 15) is 19.0 Å². The summed E-state index contributed by atoms with van der Waals surface area (Å²) < 4.78 is 31.4. The van der Waals surface area contributed by atoms with E-state index in [2.05, 4.69) is 57.9 Å². The lowest BCUT2D eigenvalue weighted by Crippen LogP contribution is -2.47. The summed E-state index contributed by atoms with van der Waals surface area (Å²) in [6.45, 7) is 13.7. The van der Waals surface area contributed by atoms with Crippen LogP contribution < -0.4 is 4.74 Å². The highest BCUT2D eigenvalue weighted by molar-refractivity contribution is 6.90. The van der Waals surface area contributed by atoms with Crippen molar-refractivity contribution in [3.05, 3.63) is 29.3 Å². The molecule has 0 aromatic heterocycles. The first-order valence-electron chi connectivity index (χ1n) is 12.5. The molecule has 2 N–H and O–H groups in total. The zero-order chi connectivity index (χ0) is 25.7. The van der Waals surface area contributed by atoms with Crippen molar-refractivity contribution in [2.45, 2.75) is 96.7 Å². The molecule has 0 radical (unpaired) electrons. The Hall–Kier alpha value is -1.46. The van der Waals surface area contributed by atoms with Crippen LogP contribution in [0.15, 0.2) is 18.2 Å². The standard InChI is InChI=1S/C27H43F2NO3Si/c1-19(2)34(20(3)4,21(5)6)14-12-22-10-11-23(25(15-22)33-26(28)29)16-30-13-8-9-24(17-30)27(7,32)18-31/h10-11,15,19-21,24,26,31-32H,8-9,13,16-18H2,1-7H3/q-1/t24-,27+/m0/s1. The van der Waals surface area contributed by atoms with Gasteiger partial charge in [-0.15, -0.1) is 22.5 Å². The summed E-state index contributed by atoms with van der Waals surface area (Å²) in [5, 5.41) is 20.0. The van der Waals surface area contributed by atoms with E-state index in [1.165, 1.54) is 0 Å². The summed E-state index contributed by atoms with van der Waals surface area (Å²) >= 11 is 0. The molecule has 4 nitrogen and oxygen atoms in total. The Morgan fingerprint density at radius 2 is 1.76 bits per heavy atom. The first-order valence-corrected chi connectivity index (χ1v) is 14.7. The number of aliphatic hydroxyl groups excluding tert-OH is 1. The lowest BCUT2D eigenvalue weighted by Gasteiger charge is -2.50. The molecule has 0 amide bonds. The van der Waals surface area contributed by atoms with Gasteiger partial charge in [-0.05, 0) is 38.4 Å². The van der Waals surface area contributed by atoms with Crippen LogP contribution in [0.2, 0.25) is 16.6 Å². The lowest BCUT2D eigenvalue weighted by molar-refractivity contribution is -0.0702. The number of hydrogen-bond acceptors (Lipinski definition) is 4. The number of alkyl halides is 2. The molecule has 1 aliphatic heterocycles. The summed E-state index contributed by atoms with van der Waals surface area (Å²) in [6.07, 6.45) is 1.70. The second kappa shape index (κ2) is 12.0. The molecule has 0 bridgehead atoms. The molecule has 2 atom stereocenters. The van der Waals surface area contributed by atoms with E-state index in [1.807, 2.05) is 12.1 Å². The normalized spacial score (nSPS) is 19.4. The minimum Gasteiger partial charge on any atom is -0.434 e. The van der Waals surface area contributed by atoms with E-state index >= 15 is 0 Å². The van der Waals surface area contributed by atoms with Crippen LogP contribution in [0.1, 0.15) is 72.4 Å². The van der Waals surface area contributed by atoms with Gasteiger partial charge in [0.2, 0.25) is 0 Å². The average Bonchev–Trinajstić information content (AvgIpc) is 2.75. The first kappa shape index (κ1) is 28.8. The molecular formula is C27H43F2NO3Si-. The maximum atomic E-state index is 13.2. The van der Waals surface area contributed by atoms with Crippen molar-refractivity contribution < 1.29 is 23.7 Å². The Labute approximate surface area is 205 Å². The molecule has 1 aromatic carbocycles. The third-order valence-electron chi connectivity index (χ3n) is 7.67. The smallest absolute Gasteiger partial charge is 0.387 e. The number of hydrogen-bond donors (Lipinski definition) is 2. The van der Waals surface area contributed by atoms with Gasteiger partial charge in [-0.25, -0.2) is 0 Å². The average molecular weight is 496 g/mol. The predicted molar refractivity (Wildman–Crippen MR) is 137 cm³/mol. The van der Waals surface area contributed by atoms with Gasteiger partial charge in [-0.3, -0.25) is 10.4 Å². The van der Waals surface area contributed by atoms with Crippen LogP contribution in [0, 0.1) is 17.4 Å². The summed E-state index contributed by atoms with van der Waals surface area (Å²) in [5.74, 6) is 3.41. The van der Waals surface area contributed by atoms with Gasteiger partial charge in [0.15, 0.2) is 0 Å². The van der Waals surface area contributed by atoms with E-state index in [0.717, 1.165) is 19.4 Å². The van der Waals surface area contributed by atoms with Crippen molar-refractivity contribution in [3.63, 3.8) is 0 Å². The van der Waals surface area contributed by atoms with Crippen LogP contribution in [0.25, 0.3) is 0 Å². The van der Waals surface area contributed by atoms with E-state index in [1.54, 1.807) is 13.0 Å². The second-order valence-electron chi connectivity index (χ2n) is 10.9. The number of rotatable bonds is 9. The Balaban J connectivity index is 2.34. The van der Waals surface area contributed by atoms with Crippen molar-refractivity contribution >= 4 is 8.07 Å². The molecule has 1 aromatic rings. The molecule has 1 aliphatic rings. The SMILES string of the molecule is CC(C)[Si-](C#Cc1ccc(CN2CCC[C@H]([C@](C)(O)CO)C2)c(OC(F)F)c1)(C(C)C)C(C)C. The monoisotopic (exact) mass is 495 g/mol. The molecule has 0 saturated carbocycles. The molecule has 7 heteroatoms. The quantitative estimate of drug-likeness (QED) is 0.335. The highest BCUT2D eigenvalue weighted by atomic mass is 28.3. The molecule has 193 valence electrons. The van der Waals surface area contributed by atoms with Crippen molar-refractivity contribution in [1.29, 1.82) is 0 Å². The maximum absolute atomic E-state index is 13.2. The van der Waals surface area contributed by atoms with Gasteiger partial charge in [0, 0.05) is 30.1 Å². The molecule has 0 unspecified atom stereocenters. The summed E-state index contributed by atoms with van der Waals surface area (Å²) in [4.78, 5) is 2.13. The number of ether oxygens (including phenoxy) is 1. The van der Waals surface area contributed by atoms with Gasteiger partial charge < -0.3 is 14.9 Å². The van der Waals surface area contributed by atoms with Gasteiger partial charge in [0.05, 0.1) is 12.2 Å². The fraction of sp³-hybridized carbons (Fsp3) is 0.704. The van der Waals surface area contributed by atoms with Crippen LogP contribution >= 0.6 is 0 Å². The number of piperidine rings is 1. The second-order valence-corrected chi connectivity index (χ2v) is 16.5. The van der Waals surface area contributed by atoms with Crippen molar-refractivity contribution in [2.75, 3.05) is 19.7 Å². The van der Waals surface area contributed by atoms with Crippen LogP contribution in [0.3, 0.4) is 0 Å². The Kier molecular flexibility index (Phi) is 10.1. The fourth-order valence-corrected chi connectivity index (χ4v) is 10.9. The molecule has 0 aliphatic carbocycles. The lowest BCUT2D eigenvalue weighted by atomic mass is 9.83. The highest BCUT2D eigenvalue weighted by Gasteiger charge is 2.35. The number of nitrogens with zero attached hydrogens (tertiary/aromatic N) is 1. The number of benzene rings is 1. The topological polar surface area (TPSA) is 52.9 Å². The molecular weight excluding hydrogens is 452 g/mol. The zero-order valence-corrected chi connectivity index (χ0v) is 22.9. The molecule has 2 rings (SSSR count). The fourth-order valence-electron chi connectivity index (χ4n) is 5.66. The number of likely N-dealkylation sites (tertiary alicyclic amines) is 1. The zero-order valence-electron chi connectivity index (χ0n) is 21.9. The predicted octanol–water partition coefficient (Wildman–Crippen LogP) is 5.81. The van der Waals surface area contributed by atoms with Crippen molar-refractivity contribution in [1.82, 2.24) is 4.90 Å². The largest absolute Gasteiger partial charge is 0.434 e. The van der Waals surface area contributed by atoms with Crippen LogP contribution in [0.4, 0.5) is 8.78 Å². The minimum absolute atomic E-state index is 0.0722. The van der Waals surface area contributed by atoms with Gasteiger partial charge in [-0.1, -0.05) is 55.7 Å². The maximum Gasteiger partial charge on any atom is 0.387 e. The third kappa shape index (κ3) is 6.81. The van der Waals surface area contributed by atoms with E-state index in [0.29, 0.717) is 40.8 Å². The van der Waals surface area contributed by atoms with Gasteiger partial charge >= 0.3 is 6.61 Å². The van der Waals surface area contributed by atoms with Crippen LogP contribution in [-0.2, 0) is 6.54 Å². The third-order valence-corrected chi connectivity index (χ3v) is 14.0. The number of aliphatic hydroxyl groups is 2. The Morgan fingerprint density at radius 3 is 2.29 bits per heavy atom. The molecule has 1 fully saturated rings. The Morgan fingerprint density at radius 1 is 1.15 bits per heavy atom. The summed E-state index contributed by atoms with van der Waals surface area (Å²) in [5.41, 5.74) is 5.31. The molecule has 1 heterocycles. The van der Waals surface area contributed by atoms with E-state index in [-0.39, 0.29) is 18.3 Å². The van der Waals surface area contributed by atoms with Crippen LogP contribution in [-0.4, -0.2) is 55.1 Å². The van der Waals surface area contributed by atoms with Crippen molar-refractivity contribution in [2.24, 2.45) is 5.92 Å². The first-order chi connectivity index (χ1) is 15.8. The molecule has 34 heavy (non-hydrogen) atoms. The summed E-state index contributed by atoms with van der Waals surface area (Å²) in [7, 11) is -1.94. The van der Waals surface area contributed by atoms with Crippen LogP contribution in [0.5, 0.6) is 5.75 Å². The summed E-state index contributed by atoms with van der Waals surface area (Å²) in [6, 6.07) is 5.37. The van der Waals surface area contributed by atoms with E-state index < -0.39 is 20.3 Å². The van der Waals surface area contributed by atoms with Crippen molar-refractivity contribution in [3.8, 4) is 17.2 Å². The van der Waals surface area contributed by atoms with Gasteiger partial charge in [0.1, 0.15) is 5.75 Å². The minimum atomic E-state index is -2.92. The number of halogens is 2. The Bertz CT molecular complexity index is 839. The van der Waals surface area contributed by atoms with E-state index in [4.69, 9.17) is 4.74 Å². The molecule has 0 spiro atoms. The van der Waals surface area contributed by atoms with Gasteiger partial charge in [0.25, 0.3) is 0 Å².